The molecule has 6 aromatic rings. The molecule has 1 aliphatic rings. The molecule has 7 rings (SSSR count). The van der Waals surface area contributed by atoms with Gasteiger partial charge in [0.2, 0.25) is 5.69 Å². The standard InChI is InChI=1S/C36H31N2O/c1-23-12-18-30-31-19-17-28(22-37)33(27-15-13-25(14-16-27)24-8-4-3-5-9-24)36(31)39-35(30)32(23)34-29-11-7-6-10-26(29)20-21-38(34)2/h6-7,10-21,24H,3-5,8-9H2,1-2H3/q+1. The van der Waals surface area contributed by atoms with Crippen molar-refractivity contribution in [1.82, 2.24) is 0 Å². The summed E-state index contributed by atoms with van der Waals surface area (Å²) in [4.78, 5) is 0. The van der Waals surface area contributed by atoms with Gasteiger partial charge in [-0.25, -0.2) is 4.57 Å². The Morgan fingerprint density at radius 1 is 0.769 bits per heavy atom. The van der Waals surface area contributed by atoms with Gasteiger partial charge in [0, 0.05) is 22.4 Å². The van der Waals surface area contributed by atoms with Crippen LogP contribution in [-0.2, 0) is 7.05 Å². The Kier molecular flexibility index (Phi) is 5.71. The molecule has 0 radical (unpaired) electrons. The molecule has 1 saturated carbocycles. The highest BCUT2D eigenvalue weighted by Gasteiger charge is 2.25. The lowest BCUT2D eigenvalue weighted by Gasteiger charge is -2.22. The minimum atomic E-state index is 0.640. The highest BCUT2D eigenvalue weighted by Crippen LogP contribution is 2.43. The highest BCUT2D eigenvalue weighted by atomic mass is 16.3. The predicted octanol–water partition coefficient (Wildman–Crippen LogP) is 9.13. The van der Waals surface area contributed by atoms with E-state index in [1.165, 1.54) is 48.4 Å². The van der Waals surface area contributed by atoms with E-state index in [4.69, 9.17) is 4.42 Å². The Bertz CT molecular complexity index is 1920. The van der Waals surface area contributed by atoms with Gasteiger partial charge in [-0.2, -0.15) is 5.26 Å². The summed E-state index contributed by atoms with van der Waals surface area (Å²) in [6.45, 7) is 2.15. The molecule has 0 saturated heterocycles. The first-order valence-corrected chi connectivity index (χ1v) is 14.0. The fourth-order valence-corrected chi connectivity index (χ4v) is 6.66. The second kappa shape index (κ2) is 9.40. The molecule has 0 spiro atoms. The molecule has 4 aromatic carbocycles. The number of fused-ring (bicyclic) bond motifs is 4. The van der Waals surface area contributed by atoms with Gasteiger partial charge in [0.25, 0.3) is 0 Å². The van der Waals surface area contributed by atoms with Crippen LogP contribution in [-0.4, -0.2) is 0 Å². The third-order valence-electron chi connectivity index (χ3n) is 8.70. The molecule has 2 aromatic heterocycles. The lowest BCUT2D eigenvalue weighted by atomic mass is 9.83. The van der Waals surface area contributed by atoms with Crippen molar-refractivity contribution in [3.63, 3.8) is 0 Å². The van der Waals surface area contributed by atoms with E-state index in [1.54, 1.807) is 0 Å². The average Bonchev–Trinajstić information content (AvgIpc) is 3.36. The second-order valence-corrected chi connectivity index (χ2v) is 11.0. The molecular weight excluding hydrogens is 476 g/mol. The van der Waals surface area contributed by atoms with Crippen LogP contribution in [0.15, 0.2) is 89.5 Å². The van der Waals surface area contributed by atoms with Crippen molar-refractivity contribution in [3.8, 4) is 28.5 Å². The summed E-state index contributed by atoms with van der Waals surface area (Å²) in [5, 5.41) is 14.6. The summed E-state index contributed by atoms with van der Waals surface area (Å²) < 4.78 is 9.02. The van der Waals surface area contributed by atoms with Crippen LogP contribution in [0.25, 0.3) is 55.1 Å². The lowest BCUT2D eigenvalue weighted by Crippen LogP contribution is -2.30. The molecule has 0 amide bonds. The molecule has 3 heteroatoms. The van der Waals surface area contributed by atoms with Crippen LogP contribution < -0.4 is 4.57 Å². The third-order valence-corrected chi connectivity index (χ3v) is 8.70. The van der Waals surface area contributed by atoms with Gasteiger partial charge in [-0.05, 0) is 66.0 Å². The summed E-state index contributed by atoms with van der Waals surface area (Å²) in [5.41, 5.74) is 9.01. The Balaban J connectivity index is 1.47. The molecule has 39 heavy (non-hydrogen) atoms. The quantitative estimate of drug-likeness (QED) is 0.224. The van der Waals surface area contributed by atoms with Crippen LogP contribution in [0, 0.1) is 18.3 Å². The van der Waals surface area contributed by atoms with Crippen molar-refractivity contribution in [2.45, 2.75) is 44.9 Å². The molecule has 1 fully saturated rings. The van der Waals surface area contributed by atoms with E-state index in [2.05, 4.69) is 97.5 Å². The van der Waals surface area contributed by atoms with Crippen LogP contribution in [0.1, 0.15) is 54.7 Å². The van der Waals surface area contributed by atoms with Crippen LogP contribution >= 0.6 is 0 Å². The second-order valence-electron chi connectivity index (χ2n) is 11.0. The average molecular weight is 508 g/mol. The Hall–Kier alpha value is -4.42. The van der Waals surface area contributed by atoms with Gasteiger partial charge in [-0.3, -0.25) is 0 Å². The third kappa shape index (κ3) is 3.82. The molecule has 0 aliphatic heterocycles. The zero-order valence-corrected chi connectivity index (χ0v) is 22.5. The van der Waals surface area contributed by atoms with Crippen molar-refractivity contribution in [1.29, 1.82) is 5.26 Å². The zero-order valence-electron chi connectivity index (χ0n) is 22.5. The Morgan fingerprint density at radius 3 is 2.26 bits per heavy atom. The van der Waals surface area contributed by atoms with Gasteiger partial charge >= 0.3 is 0 Å². The van der Waals surface area contributed by atoms with Gasteiger partial charge < -0.3 is 4.42 Å². The van der Waals surface area contributed by atoms with Crippen LogP contribution in [0.2, 0.25) is 0 Å². The number of hydrogen-bond acceptors (Lipinski definition) is 2. The summed E-state index contributed by atoms with van der Waals surface area (Å²) in [6, 6.07) is 30.3. The van der Waals surface area contributed by atoms with Crippen molar-refractivity contribution in [3.05, 3.63) is 102 Å². The molecular formula is C36H31N2O+. The number of nitrogens with zero attached hydrogens (tertiary/aromatic N) is 2. The number of aryl methyl sites for hydroxylation is 2. The van der Waals surface area contributed by atoms with E-state index in [0.29, 0.717) is 11.5 Å². The van der Waals surface area contributed by atoms with Crippen LogP contribution in [0.3, 0.4) is 0 Å². The highest BCUT2D eigenvalue weighted by molar-refractivity contribution is 6.15. The molecule has 0 bridgehead atoms. The maximum Gasteiger partial charge on any atom is 0.224 e. The SMILES string of the molecule is Cc1ccc2c(oc3c(-c4ccc(C5CCCCC5)cc4)c(C#N)ccc32)c1-c1c2ccccc2cc[n+]1C. The van der Waals surface area contributed by atoms with E-state index in [1.807, 2.05) is 12.1 Å². The van der Waals surface area contributed by atoms with Crippen molar-refractivity contribution in [2.24, 2.45) is 7.05 Å². The number of hydrogen-bond donors (Lipinski definition) is 0. The molecule has 2 heterocycles. The van der Waals surface area contributed by atoms with Crippen LogP contribution in [0.4, 0.5) is 0 Å². The Morgan fingerprint density at radius 2 is 1.49 bits per heavy atom. The fraction of sp³-hybridized carbons (Fsp3) is 0.222. The molecule has 3 nitrogen and oxygen atoms in total. The smallest absolute Gasteiger partial charge is 0.224 e. The van der Waals surface area contributed by atoms with Crippen LogP contribution in [0.5, 0.6) is 0 Å². The van der Waals surface area contributed by atoms with E-state index in [-0.39, 0.29) is 0 Å². The summed E-state index contributed by atoms with van der Waals surface area (Å²) in [6.07, 6.45) is 8.66. The van der Waals surface area contributed by atoms with E-state index in [0.717, 1.165) is 49.9 Å². The number of furan rings is 1. The number of pyridine rings is 1. The maximum atomic E-state index is 10.1. The monoisotopic (exact) mass is 507 g/mol. The summed E-state index contributed by atoms with van der Waals surface area (Å²) in [7, 11) is 2.09. The topological polar surface area (TPSA) is 40.8 Å². The van der Waals surface area contributed by atoms with Crippen molar-refractivity contribution >= 4 is 32.7 Å². The zero-order chi connectivity index (χ0) is 26.5. The van der Waals surface area contributed by atoms with Gasteiger partial charge in [0.05, 0.1) is 22.6 Å². The van der Waals surface area contributed by atoms with Gasteiger partial charge in [0.1, 0.15) is 18.2 Å². The molecule has 0 N–H and O–H groups in total. The van der Waals surface area contributed by atoms with E-state index in [9.17, 15) is 5.26 Å². The Labute approximate surface area is 228 Å². The number of benzene rings is 4. The van der Waals surface area contributed by atoms with Gasteiger partial charge in [-0.1, -0.05) is 73.9 Å². The largest absolute Gasteiger partial charge is 0.454 e. The number of nitriles is 1. The summed E-state index contributed by atoms with van der Waals surface area (Å²) >= 11 is 0. The molecule has 0 atom stereocenters. The summed E-state index contributed by atoms with van der Waals surface area (Å²) in [5.74, 6) is 0.650. The number of aromatic nitrogens is 1. The van der Waals surface area contributed by atoms with Gasteiger partial charge in [0.15, 0.2) is 6.20 Å². The van der Waals surface area contributed by atoms with E-state index < -0.39 is 0 Å². The first-order valence-electron chi connectivity index (χ1n) is 14.0. The molecule has 1 aliphatic carbocycles. The number of rotatable bonds is 3. The van der Waals surface area contributed by atoms with Gasteiger partial charge in [-0.15, -0.1) is 0 Å². The molecule has 190 valence electrons. The minimum absolute atomic E-state index is 0.640. The first kappa shape index (κ1) is 23.7. The van der Waals surface area contributed by atoms with Crippen molar-refractivity contribution in [2.75, 3.05) is 0 Å². The normalized spacial score (nSPS) is 14.3. The van der Waals surface area contributed by atoms with Crippen molar-refractivity contribution < 1.29 is 8.98 Å². The predicted molar refractivity (Wildman–Crippen MR) is 159 cm³/mol. The lowest BCUT2D eigenvalue weighted by molar-refractivity contribution is -0.659. The molecule has 0 unspecified atom stereocenters. The first-order chi connectivity index (χ1) is 19.1. The fourth-order valence-electron chi connectivity index (χ4n) is 6.66. The minimum Gasteiger partial charge on any atom is -0.454 e. The van der Waals surface area contributed by atoms with E-state index >= 15 is 0 Å². The maximum absolute atomic E-state index is 10.1.